The monoisotopic (exact) mass is 247 g/mol. The van der Waals surface area contributed by atoms with Crippen LogP contribution in [0, 0.1) is 24.2 Å². The summed E-state index contributed by atoms with van der Waals surface area (Å²) in [6.07, 6.45) is 2.19. The minimum absolute atomic E-state index is 0.0457. The van der Waals surface area contributed by atoms with Crippen LogP contribution < -0.4 is 5.32 Å². The largest absolute Gasteiger partial charge is 0.309 e. The van der Waals surface area contributed by atoms with Crippen molar-refractivity contribution in [3.8, 4) is 0 Å². The molecule has 1 aromatic rings. The Kier molecular flexibility index (Phi) is 3.05. The Morgan fingerprint density at radius 2 is 2.17 bits per heavy atom. The fraction of sp³-hybridized carbons (Fsp3) is 0.571. The number of allylic oxidation sites excluding steroid dienone is 2. The minimum Gasteiger partial charge on any atom is -0.309 e. The smallest absolute Gasteiger partial charge is 0.229 e. The number of anilines is 1. The number of H-pyrrole nitrogens is 1. The summed E-state index contributed by atoms with van der Waals surface area (Å²) in [5.74, 6) is 1.05. The van der Waals surface area contributed by atoms with Gasteiger partial charge < -0.3 is 5.32 Å². The number of hydrogen-bond donors (Lipinski definition) is 2. The first kappa shape index (κ1) is 12.9. The molecule has 1 aromatic heterocycles. The van der Waals surface area contributed by atoms with Gasteiger partial charge in [0.25, 0.3) is 0 Å². The normalized spacial score (nSPS) is 24.5. The first-order valence-electron chi connectivity index (χ1n) is 6.30. The molecule has 2 N–H and O–H groups in total. The van der Waals surface area contributed by atoms with Crippen LogP contribution in [0.15, 0.2) is 17.7 Å². The van der Waals surface area contributed by atoms with E-state index in [1.54, 1.807) is 0 Å². The molecule has 2 atom stereocenters. The lowest BCUT2D eigenvalue weighted by Crippen LogP contribution is -2.17. The van der Waals surface area contributed by atoms with Crippen molar-refractivity contribution in [1.29, 1.82) is 0 Å². The van der Waals surface area contributed by atoms with Crippen LogP contribution in [0.4, 0.5) is 5.82 Å². The number of aromatic nitrogens is 2. The van der Waals surface area contributed by atoms with Crippen molar-refractivity contribution in [3.63, 3.8) is 0 Å². The van der Waals surface area contributed by atoms with Gasteiger partial charge in [0.1, 0.15) is 0 Å². The molecule has 1 aliphatic carbocycles. The van der Waals surface area contributed by atoms with Crippen LogP contribution in [-0.4, -0.2) is 16.1 Å². The molecule has 18 heavy (non-hydrogen) atoms. The SMILES string of the molecule is CC(C)=CC1C(C(=O)Nc2cc(C)[nH]n2)C1(C)C. The van der Waals surface area contributed by atoms with Gasteiger partial charge in [0, 0.05) is 11.8 Å². The van der Waals surface area contributed by atoms with Gasteiger partial charge in [-0.25, -0.2) is 0 Å². The van der Waals surface area contributed by atoms with Crippen molar-refractivity contribution < 1.29 is 4.79 Å². The highest BCUT2D eigenvalue weighted by Crippen LogP contribution is 2.59. The lowest BCUT2D eigenvalue weighted by Gasteiger charge is -2.02. The highest BCUT2D eigenvalue weighted by atomic mass is 16.2. The topological polar surface area (TPSA) is 57.8 Å². The quantitative estimate of drug-likeness (QED) is 0.807. The number of nitrogens with zero attached hydrogens (tertiary/aromatic N) is 1. The van der Waals surface area contributed by atoms with Gasteiger partial charge in [-0.15, -0.1) is 0 Å². The molecule has 0 spiro atoms. The number of rotatable bonds is 3. The second-order valence-electron chi connectivity index (χ2n) is 5.99. The predicted molar refractivity (Wildman–Crippen MR) is 72.1 cm³/mol. The summed E-state index contributed by atoms with van der Waals surface area (Å²) in [5.41, 5.74) is 2.26. The molecule has 0 aromatic carbocycles. The van der Waals surface area contributed by atoms with Gasteiger partial charge in [0.2, 0.25) is 5.91 Å². The van der Waals surface area contributed by atoms with Crippen LogP contribution in [0.5, 0.6) is 0 Å². The van der Waals surface area contributed by atoms with E-state index in [-0.39, 0.29) is 17.2 Å². The lowest BCUT2D eigenvalue weighted by atomic mass is 10.1. The van der Waals surface area contributed by atoms with Crippen LogP contribution in [0.25, 0.3) is 0 Å². The zero-order chi connectivity index (χ0) is 13.5. The molecule has 1 fully saturated rings. The summed E-state index contributed by atoms with van der Waals surface area (Å²) in [7, 11) is 0. The highest BCUT2D eigenvalue weighted by molar-refractivity contribution is 5.95. The number of nitrogens with one attached hydrogen (secondary N) is 2. The van der Waals surface area contributed by atoms with E-state index in [1.807, 2.05) is 13.0 Å². The standard InChI is InChI=1S/C14H21N3O/c1-8(2)6-10-12(14(10,4)5)13(18)15-11-7-9(3)16-17-11/h6-7,10,12H,1-5H3,(H2,15,16,17,18). The fourth-order valence-electron chi connectivity index (χ4n) is 2.53. The molecule has 1 saturated carbocycles. The maximum absolute atomic E-state index is 12.2. The van der Waals surface area contributed by atoms with Crippen LogP contribution in [0.2, 0.25) is 0 Å². The number of amides is 1. The minimum atomic E-state index is 0.0457. The molecule has 1 heterocycles. The summed E-state index contributed by atoms with van der Waals surface area (Å²) < 4.78 is 0. The van der Waals surface area contributed by atoms with Crippen molar-refractivity contribution in [2.24, 2.45) is 17.3 Å². The number of aromatic amines is 1. The second kappa shape index (κ2) is 4.26. The van der Waals surface area contributed by atoms with Gasteiger partial charge in [-0.3, -0.25) is 9.89 Å². The van der Waals surface area contributed by atoms with Gasteiger partial charge in [-0.05, 0) is 32.1 Å². The first-order valence-corrected chi connectivity index (χ1v) is 6.30. The number of carbonyl (C=O) groups is 1. The maximum atomic E-state index is 12.2. The average molecular weight is 247 g/mol. The third-order valence-electron chi connectivity index (χ3n) is 3.66. The molecule has 0 saturated heterocycles. The summed E-state index contributed by atoms with van der Waals surface area (Å²) in [6.45, 7) is 10.3. The molecule has 2 rings (SSSR count). The van der Waals surface area contributed by atoms with E-state index in [9.17, 15) is 4.79 Å². The Balaban J connectivity index is 2.05. The zero-order valence-electron chi connectivity index (χ0n) is 11.7. The van der Waals surface area contributed by atoms with Crippen molar-refractivity contribution in [1.82, 2.24) is 10.2 Å². The Labute approximate surface area is 108 Å². The van der Waals surface area contributed by atoms with Gasteiger partial charge >= 0.3 is 0 Å². The lowest BCUT2D eigenvalue weighted by molar-refractivity contribution is -0.118. The Hall–Kier alpha value is -1.58. The second-order valence-corrected chi connectivity index (χ2v) is 5.99. The maximum Gasteiger partial charge on any atom is 0.229 e. The Morgan fingerprint density at radius 3 is 2.67 bits per heavy atom. The number of aryl methyl sites for hydroxylation is 1. The molecule has 0 radical (unpaired) electrons. The molecule has 1 amide bonds. The molecular formula is C14H21N3O. The summed E-state index contributed by atoms with van der Waals surface area (Å²) in [5, 5.41) is 9.72. The predicted octanol–water partition coefficient (Wildman–Crippen LogP) is 2.90. The van der Waals surface area contributed by atoms with Crippen LogP contribution in [-0.2, 0) is 4.79 Å². The van der Waals surface area contributed by atoms with Crippen molar-refractivity contribution in [3.05, 3.63) is 23.4 Å². The summed E-state index contributed by atoms with van der Waals surface area (Å²) >= 11 is 0. The van der Waals surface area contributed by atoms with Crippen molar-refractivity contribution in [2.45, 2.75) is 34.6 Å². The number of hydrogen-bond acceptors (Lipinski definition) is 2. The third-order valence-corrected chi connectivity index (χ3v) is 3.66. The molecule has 0 aliphatic heterocycles. The molecule has 2 unspecified atom stereocenters. The average Bonchev–Trinajstić information content (AvgIpc) is 2.56. The Bertz CT molecular complexity index is 495. The third kappa shape index (κ3) is 2.33. The van der Waals surface area contributed by atoms with E-state index >= 15 is 0 Å². The van der Waals surface area contributed by atoms with Crippen molar-refractivity contribution >= 4 is 11.7 Å². The molecule has 4 nitrogen and oxygen atoms in total. The molecule has 98 valence electrons. The first-order chi connectivity index (χ1) is 8.32. The fourth-order valence-corrected chi connectivity index (χ4v) is 2.53. The molecule has 4 heteroatoms. The Morgan fingerprint density at radius 1 is 1.50 bits per heavy atom. The van der Waals surface area contributed by atoms with Crippen LogP contribution in [0.3, 0.4) is 0 Å². The van der Waals surface area contributed by atoms with Crippen LogP contribution in [0.1, 0.15) is 33.4 Å². The van der Waals surface area contributed by atoms with Gasteiger partial charge in [-0.1, -0.05) is 25.5 Å². The van der Waals surface area contributed by atoms with E-state index in [0.717, 1.165) is 5.69 Å². The van der Waals surface area contributed by atoms with E-state index in [0.29, 0.717) is 11.7 Å². The zero-order valence-corrected chi connectivity index (χ0v) is 11.7. The van der Waals surface area contributed by atoms with E-state index in [2.05, 4.69) is 49.3 Å². The van der Waals surface area contributed by atoms with Gasteiger partial charge in [0.15, 0.2) is 5.82 Å². The molecule has 1 aliphatic rings. The van der Waals surface area contributed by atoms with Gasteiger partial charge in [0.05, 0.1) is 5.92 Å². The van der Waals surface area contributed by atoms with Crippen LogP contribution >= 0.6 is 0 Å². The van der Waals surface area contributed by atoms with Crippen molar-refractivity contribution in [2.75, 3.05) is 5.32 Å². The molecular weight excluding hydrogens is 226 g/mol. The summed E-state index contributed by atoms with van der Waals surface area (Å²) in [4.78, 5) is 12.2. The van der Waals surface area contributed by atoms with E-state index in [1.165, 1.54) is 5.57 Å². The van der Waals surface area contributed by atoms with E-state index in [4.69, 9.17) is 0 Å². The number of carbonyl (C=O) groups excluding carboxylic acids is 1. The van der Waals surface area contributed by atoms with E-state index < -0.39 is 0 Å². The highest BCUT2D eigenvalue weighted by Gasteiger charge is 2.60. The van der Waals surface area contributed by atoms with Gasteiger partial charge in [-0.2, -0.15) is 5.10 Å². The molecule has 0 bridgehead atoms. The summed E-state index contributed by atoms with van der Waals surface area (Å²) in [6, 6.07) is 1.84.